The maximum Gasteiger partial charge on any atom is 0.212 e. The summed E-state index contributed by atoms with van der Waals surface area (Å²) in [6, 6.07) is 6.43. The monoisotopic (exact) mass is 289 g/mol. The van der Waals surface area contributed by atoms with Crippen LogP contribution in [-0.2, 0) is 6.42 Å². The van der Waals surface area contributed by atoms with Gasteiger partial charge in [-0.05, 0) is 37.6 Å². The normalized spacial score (nSPS) is 11.3. The molecule has 1 aromatic carbocycles. The van der Waals surface area contributed by atoms with E-state index in [1.54, 1.807) is 23.5 Å². The van der Waals surface area contributed by atoms with Gasteiger partial charge in [-0.3, -0.25) is 0 Å². The summed E-state index contributed by atoms with van der Waals surface area (Å²) < 4.78 is 14.9. The predicted octanol–water partition coefficient (Wildman–Crippen LogP) is 4.25. The van der Waals surface area contributed by atoms with Crippen molar-refractivity contribution < 1.29 is 4.39 Å². The zero-order valence-electron chi connectivity index (χ0n) is 11.6. The third kappa shape index (κ3) is 2.33. The number of benzene rings is 1. The predicted molar refractivity (Wildman–Crippen MR) is 79.6 cm³/mol. The second-order valence-electron chi connectivity index (χ2n) is 4.85. The van der Waals surface area contributed by atoms with Crippen molar-refractivity contribution in [2.45, 2.75) is 33.1 Å². The zero-order chi connectivity index (χ0) is 14.1. The highest BCUT2D eigenvalue weighted by Crippen LogP contribution is 2.27. The number of aryl methyl sites for hydroxylation is 2. The molecule has 0 fully saturated rings. The molecule has 5 heteroatoms. The minimum Gasteiger partial charge on any atom is -0.217 e. The molecule has 0 aliphatic rings. The fraction of sp³-hybridized carbons (Fsp3) is 0.333. The van der Waals surface area contributed by atoms with Gasteiger partial charge < -0.3 is 0 Å². The molecule has 3 nitrogen and oxygen atoms in total. The lowest BCUT2D eigenvalue weighted by atomic mass is 10.1. The molecular weight excluding hydrogens is 273 g/mol. The topological polar surface area (TPSA) is 30.2 Å². The Kier molecular flexibility index (Phi) is 3.53. The quantitative estimate of drug-likeness (QED) is 0.719. The number of aromatic nitrogens is 3. The third-order valence-corrected chi connectivity index (χ3v) is 4.30. The van der Waals surface area contributed by atoms with Crippen molar-refractivity contribution in [2.75, 3.05) is 0 Å². The molecule has 3 rings (SSSR count). The van der Waals surface area contributed by atoms with Gasteiger partial charge >= 0.3 is 0 Å². The minimum atomic E-state index is -0.229. The molecule has 0 radical (unpaired) electrons. The molecule has 0 aliphatic heterocycles. The van der Waals surface area contributed by atoms with E-state index < -0.39 is 0 Å². The van der Waals surface area contributed by atoms with E-state index >= 15 is 0 Å². The Bertz CT molecular complexity index is 727. The first-order valence-electron chi connectivity index (χ1n) is 6.80. The van der Waals surface area contributed by atoms with Crippen LogP contribution in [0.3, 0.4) is 0 Å². The van der Waals surface area contributed by atoms with Crippen LogP contribution in [0.1, 0.15) is 30.5 Å². The van der Waals surface area contributed by atoms with Gasteiger partial charge in [0.2, 0.25) is 4.96 Å². The van der Waals surface area contributed by atoms with Crippen LogP contribution in [0.25, 0.3) is 16.2 Å². The Hall–Kier alpha value is -1.75. The zero-order valence-corrected chi connectivity index (χ0v) is 12.4. The lowest BCUT2D eigenvalue weighted by Crippen LogP contribution is -1.91. The molecule has 0 N–H and O–H groups in total. The largest absolute Gasteiger partial charge is 0.217 e. The Labute approximate surface area is 121 Å². The molecule has 3 aromatic rings. The van der Waals surface area contributed by atoms with Crippen LogP contribution in [0.15, 0.2) is 24.3 Å². The molecule has 0 saturated heterocycles. The second kappa shape index (κ2) is 5.32. The highest BCUT2D eigenvalue weighted by Gasteiger charge is 2.14. The van der Waals surface area contributed by atoms with Gasteiger partial charge in [-0.25, -0.2) is 13.9 Å². The summed E-state index contributed by atoms with van der Waals surface area (Å²) in [5, 5.41) is 5.74. The number of hydrogen-bond donors (Lipinski definition) is 0. The maximum absolute atomic E-state index is 13.0. The number of imidazole rings is 1. The van der Waals surface area contributed by atoms with Crippen molar-refractivity contribution in [3.05, 3.63) is 40.8 Å². The van der Waals surface area contributed by atoms with Crippen molar-refractivity contribution in [1.82, 2.24) is 14.6 Å². The number of rotatable bonds is 4. The van der Waals surface area contributed by atoms with Gasteiger partial charge in [0.05, 0.1) is 11.4 Å². The first-order chi connectivity index (χ1) is 9.69. The first-order valence-corrected chi connectivity index (χ1v) is 7.61. The van der Waals surface area contributed by atoms with Gasteiger partial charge in [0.25, 0.3) is 0 Å². The maximum atomic E-state index is 13.0. The van der Waals surface area contributed by atoms with E-state index in [1.165, 1.54) is 18.6 Å². The summed E-state index contributed by atoms with van der Waals surface area (Å²) in [6.45, 7) is 4.18. The Morgan fingerprint density at radius 2 is 2.00 bits per heavy atom. The highest BCUT2D eigenvalue weighted by atomic mass is 32.1. The second-order valence-corrected chi connectivity index (χ2v) is 5.89. The van der Waals surface area contributed by atoms with Gasteiger partial charge in [0, 0.05) is 12.0 Å². The molecule has 2 aromatic heterocycles. The van der Waals surface area contributed by atoms with E-state index in [1.807, 2.05) is 11.4 Å². The molecule has 0 aliphatic carbocycles. The van der Waals surface area contributed by atoms with Gasteiger partial charge in [0.1, 0.15) is 10.8 Å². The van der Waals surface area contributed by atoms with E-state index in [4.69, 9.17) is 0 Å². The van der Waals surface area contributed by atoms with Crippen LogP contribution < -0.4 is 0 Å². The van der Waals surface area contributed by atoms with Crippen LogP contribution in [-0.4, -0.2) is 14.6 Å². The van der Waals surface area contributed by atoms with Crippen molar-refractivity contribution in [1.29, 1.82) is 0 Å². The van der Waals surface area contributed by atoms with Crippen molar-refractivity contribution in [2.24, 2.45) is 0 Å². The van der Waals surface area contributed by atoms with Crippen molar-refractivity contribution in [3.8, 4) is 11.3 Å². The molecule has 0 amide bonds. The summed E-state index contributed by atoms with van der Waals surface area (Å²) in [7, 11) is 0. The lowest BCUT2D eigenvalue weighted by molar-refractivity contribution is 0.628. The summed E-state index contributed by atoms with van der Waals surface area (Å²) in [5.74, 6) is -0.229. The Morgan fingerprint density at radius 1 is 1.25 bits per heavy atom. The van der Waals surface area contributed by atoms with Crippen molar-refractivity contribution >= 4 is 16.3 Å². The van der Waals surface area contributed by atoms with E-state index in [0.29, 0.717) is 0 Å². The molecule has 0 bridgehead atoms. The fourth-order valence-corrected chi connectivity index (χ4v) is 3.18. The van der Waals surface area contributed by atoms with Crippen LogP contribution >= 0.6 is 11.3 Å². The Morgan fingerprint density at radius 3 is 2.65 bits per heavy atom. The molecule has 0 unspecified atom stereocenters. The van der Waals surface area contributed by atoms with Crippen molar-refractivity contribution in [3.63, 3.8) is 0 Å². The molecule has 104 valence electrons. The smallest absolute Gasteiger partial charge is 0.212 e. The van der Waals surface area contributed by atoms with E-state index in [-0.39, 0.29) is 5.82 Å². The van der Waals surface area contributed by atoms with Gasteiger partial charge in [0.15, 0.2) is 0 Å². The average Bonchev–Trinajstić information content (AvgIpc) is 2.97. The number of unbranched alkanes of at least 4 members (excludes halogenated alkanes) is 1. The van der Waals surface area contributed by atoms with Crippen LogP contribution in [0.5, 0.6) is 0 Å². The van der Waals surface area contributed by atoms with Gasteiger partial charge in [-0.15, -0.1) is 0 Å². The summed E-state index contributed by atoms with van der Waals surface area (Å²) in [4.78, 5) is 5.55. The SMILES string of the molecule is CCCCc1nn2c(C)c(-c3ccc(F)cc3)nc2s1. The molecule has 0 atom stereocenters. The average molecular weight is 289 g/mol. The molecule has 2 heterocycles. The molecule has 0 spiro atoms. The van der Waals surface area contributed by atoms with E-state index in [9.17, 15) is 4.39 Å². The lowest BCUT2D eigenvalue weighted by Gasteiger charge is -1.98. The van der Waals surface area contributed by atoms with Gasteiger partial charge in [-0.2, -0.15) is 5.10 Å². The summed E-state index contributed by atoms with van der Waals surface area (Å²) in [5.41, 5.74) is 2.81. The third-order valence-electron chi connectivity index (χ3n) is 3.33. The van der Waals surface area contributed by atoms with Crippen LogP contribution in [0.4, 0.5) is 4.39 Å². The number of hydrogen-bond acceptors (Lipinski definition) is 3. The number of halogens is 1. The van der Waals surface area contributed by atoms with E-state index in [2.05, 4.69) is 17.0 Å². The number of nitrogens with zero attached hydrogens (tertiary/aromatic N) is 3. The molecule has 0 saturated carbocycles. The fourth-order valence-electron chi connectivity index (χ4n) is 2.20. The Balaban J connectivity index is 1.99. The summed E-state index contributed by atoms with van der Waals surface area (Å²) >= 11 is 1.64. The molecular formula is C15H16FN3S. The highest BCUT2D eigenvalue weighted by molar-refractivity contribution is 7.16. The number of fused-ring (bicyclic) bond motifs is 1. The molecule has 20 heavy (non-hydrogen) atoms. The first kappa shape index (κ1) is 13.2. The minimum absolute atomic E-state index is 0.229. The summed E-state index contributed by atoms with van der Waals surface area (Å²) in [6.07, 6.45) is 3.33. The van der Waals surface area contributed by atoms with E-state index in [0.717, 1.165) is 39.8 Å². The van der Waals surface area contributed by atoms with Crippen LogP contribution in [0.2, 0.25) is 0 Å². The van der Waals surface area contributed by atoms with Gasteiger partial charge in [-0.1, -0.05) is 24.7 Å². The van der Waals surface area contributed by atoms with Crippen LogP contribution in [0, 0.1) is 12.7 Å². The standard InChI is InChI=1S/C15H16FN3S/c1-3-4-5-13-18-19-10(2)14(17-15(19)20-13)11-6-8-12(16)9-7-11/h6-9H,3-5H2,1-2H3.